The van der Waals surface area contributed by atoms with Crippen LogP contribution in [0.2, 0.25) is 0 Å². The van der Waals surface area contributed by atoms with E-state index in [0.29, 0.717) is 6.42 Å². The quantitative estimate of drug-likeness (QED) is 0.314. The molecule has 1 amide bonds. The van der Waals surface area contributed by atoms with Crippen molar-refractivity contribution < 1.29 is 18.0 Å². The predicted octanol–water partition coefficient (Wildman–Crippen LogP) is 6.54. The molecular formula is C19H36F3NO. The van der Waals surface area contributed by atoms with Crippen molar-refractivity contribution in [2.24, 2.45) is 0 Å². The number of nitrogens with one attached hydrogen (secondary N) is 1. The first kappa shape index (κ1) is 23.3. The van der Waals surface area contributed by atoms with E-state index < -0.39 is 12.6 Å². The Labute approximate surface area is 146 Å². The summed E-state index contributed by atoms with van der Waals surface area (Å²) in [5.41, 5.74) is 0. The fourth-order valence-corrected chi connectivity index (χ4v) is 2.74. The molecule has 0 spiro atoms. The zero-order valence-electron chi connectivity index (χ0n) is 15.4. The van der Waals surface area contributed by atoms with E-state index in [0.717, 1.165) is 19.3 Å². The third kappa shape index (κ3) is 19.3. The van der Waals surface area contributed by atoms with Crippen LogP contribution in [0, 0.1) is 0 Å². The van der Waals surface area contributed by atoms with Crippen LogP contribution >= 0.6 is 0 Å². The monoisotopic (exact) mass is 351 g/mol. The standard InChI is InChI=1S/C19H36F3NO/c1-2-3-4-5-6-7-8-9-10-11-12-13-14-15-18(24)23-17-16-19(20,21)22/h2-17H2,1H3,(H,23,24). The van der Waals surface area contributed by atoms with Gasteiger partial charge >= 0.3 is 6.18 Å². The first-order valence-electron chi connectivity index (χ1n) is 9.79. The van der Waals surface area contributed by atoms with Crippen LogP contribution in [-0.4, -0.2) is 18.6 Å². The molecular weight excluding hydrogens is 315 g/mol. The van der Waals surface area contributed by atoms with Gasteiger partial charge in [-0.2, -0.15) is 13.2 Å². The fourth-order valence-electron chi connectivity index (χ4n) is 2.74. The fraction of sp³-hybridized carbons (Fsp3) is 0.947. The van der Waals surface area contributed by atoms with Crippen LogP contribution in [-0.2, 0) is 4.79 Å². The molecule has 0 aliphatic carbocycles. The molecule has 0 fully saturated rings. The van der Waals surface area contributed by atoms with Crippen LogP contribution in [0.3, 0.4) is 0 Å². The van der Waals surface area contributed by atoms with Crippen molar-refractivity contribution in [1.82, 2.24) is 5.32 Å². The van der Waals surface area contributed by atoms with Crippen molar-refractivity contribution in [2.45, 2.75) is 109 Å². The van der Waals surface area contributed by atoms with Crippen molar-refractivity contribution in [3.8, 4) is 0 Å². The summed E-state index contributed by atoms with van der Waals surface area (Å²) < 4.78 is 35.8. The lowest BCUT2D eigenvalue weighted by atomic mass is 10.0. The van der Waals surface area contributed by atoms with Gasteiger partial charge in [-0.05, 0) is 6.42 Å². The second-order valence-corrected chi connectivity index (χ2v) is 6.71. The van der Waals surface area contributed by atoms with Crippen LogP contribution in [0.4, 0.5) is 13.2 Å². The number of hydrogen-bond acceptors (Lipinski definition) is 1. The highest BCUT2D eigenvalue weighted by Crippen LogP contribution is 2.18. The molecule has 0 bridgehead atoms. The Balaban J connectivity index is 3.18. The highest BCUT2D eigenvalue weighted by atomic mass is 19.4. The highest BCUT2D eigenvalue weighted by Gasteiger charge is 2.26. The second-order valence-electron chi connectivity index (χ2n) is 6.71. The van der Waals surface area contributed by atoms with Crippen molar-refractivity contribution >= 4 is 5.91 Å². The van der Waals surface area contributed by atoms with E-state index >= 15 is 0 Å². The molecule has 0 unspecified atom stereocenters. The molecule has 0 radical (unpaired) electrons. The topological polar surface area (TPSA) is 29.1 Å². The summed E-state index contributed by atoms with van der Waals surface area (Å²) in [5, 5.41) is 2.32. The van der Waals surface area contributed by atoms with E-state index in [1.54, 1.807) is 0 Å². The average Bonchev–Trinajstić information content (AvgIpc) is 2.50. The van der Waals surface area contributed by atoms with Crippen molar-refractivity contribution in [3.63, 3.8) is 0 Å². The molecule has 0 saturated heterocycles. The Kier molecular flexibility index (Phi) is 15.3. The first-order chi connectivity index (χ1) is 11.5. The van der Waals surface area contributed by atoms with Gasteiger partial charge in [0.2, 0.25) is 5.91 Å². The molecule has 24 heavy (non-hydrogen) atoms. The Hall–Kier alpha value is -0.740. The number of hydrogen-bond donors (Lipinski definition) is 1. The minimum atomic E-state index is -4.19. The van der Waals surface area contributed by atoms with E-state index in [1.807, 2.05) is 0 Å². The van der Waals surface area contributed by atoms with Crippen LogP contribution in [0.1, 0.15) is 103 Å². The SMILES string of the molecule is CCCCCCCCCCCCCCCC(=O)NCCC(F)(F)F. The number of unbranched alkanes of at least 4 members (excludes halogenated alkanes) is 12. The normalized spacial score (nSPS) is 11.7. The first-order valence-corrected chi connectivity index (χ1v) is 9.79. The van der Waals surface area contributed by atoms with Crippen LogP contribution in [0.15, 0.2) is 0 Å². The summed E-state index contributed by atoms with van der Waals surface area (Å²) in [6.07, 6.45) is 11.3. The third-order valence-electron chi connectivity index (χ3n) is 4.24. The molecule has 0 aliphatic heterocycles. The van der Waals surface area contributed by atoms with Gasteiger partial charge in [0.1, 0.15) is 0 Å². The van der Waals surface area contributed by atoms with Gasteiger partial charge in [0.15, 0.2) is 0 Å². The molecule has 5 heteroatoms. The lowest BCUT2D eigenvalue weighted by Crippen LogP contribution is -2.27. The smallest absolute Gasteiger partial charge is 0.356 e. The number of halogens is 3. The molecule has 0 saturated carbocycles. The van der Waals surface area contributed by atoms with Gasteiger partial charge < -0.3 is 5.32 Å². The molecule has 0 aromatic carbocycles. The Morgan fingerprint density at radius 3 is 1.58 bits per heavy atom. The van der Waals surface area contributed by atoms with Crippen LogP contribution < -0.4 is 5.32 Å². The second kappa shape index (κ2) is 15.8. The summed E-state index contributed by atoms with van der Waals surface area (Å²) in [6, 6.07) is 0. The number of carbonyl (C=O) groups excluding carboxylic acids is 1. The molecule has 2 nitrogen and oxygen atoms in total. The van der Waals surface area contributed by atoms with Gasteiger partial charge in [0, 0.05) is 13.0 Å². The maximum Gasteiger partial charge on any atom is 0.390 e. The Morgan fingerprint density at radius 1 is 0.750 bits per heavy atom. The lowest BCUT2D eigenvalue weighted by molar-refractivity contribution is -0.135. The summed E-state index contributed by atoms with van der Waals surface area (Å²) in [6.45, 7) is 1.93. The average molecular weight is 351 g/mol. The van der Waals surface area contributed by atoms with Crippen molar-refractivity contribution in [3.05, 3.63) is 0 Å². The summed E-state index contributed by atoms with van der Waals surface area (Å²) in [5.74, 6) is -0.262. The molecule has 0 aromatic rings. The van der Waals surface area contributed by atoms with Gasteiger partial charge in [-0.15, -0.1) is 0 Å². The van der Waals surface area contributed by atoms with Gasteiger partial charge in [0.05, 0.1) is 6.42 Å². The van der Waals surface area contributed by atoms with Crippen LogP contribution in [0.5, 0.6) is 0 Å². The maximum atomic E-state index is 11.9. The summed E-state index contributed by atoms with van der Waals surface area (Å²) in [7, 11) is 0. The van der Waals surface area contributed by atoms with E-state index in [4.69, 9.17) is 0 Å². The Bertz CT molecular complexity index is 293. The summed E-state index contributed by atoms with van der Waals surface area (Å²) in [4.78, 5) is 11.4. The van der Waals surface area contributed by atoms with Crippen molar-refractivity contribution in [2.75, 3.05) is 6.54 Å². The summed E-state index contributed by atoms with van der Waals surface area (Å²) >= 11 is 0. The van der Waals surface area contributed by atoms with Gasteiger partial charge in [0.25, 0.3) is 0 Å². The number of rotatable bonds is 16. The van der Waals surface area contributed by atoms with Gasteiger partial charge in [-0.1, -0.05) is 84.0 Å². The highest BCUT2D eigenvalue weighted by molar-refractivity contribution is 5.75. The molecule has 0 atom stereocenters. The number of amides is 1. The number of alkyl halides is 3. The minimum absolute atomic E-state index is 0.262. The predicted molar refractivity (Wildman–Crippen MR) is 94.0 cm³/mol. The van der Waals surface area contributed by atoms with E-state index in [2.05, 4.69) is 12.2 Å². The zero-order chi connectivity index (χ0) is 18.1. The van der Waals surface area contributed by atoms with E-state index in [-0.39, 0.29) is 12.5 Å². The largest absolute Gasteiger partial charge is 0.390 e. The third-order valence-corrected chi connectivity index (χ3v) is 4.24. The van der Waals surface area contributed by atoms with E-state index in [9.17, 15) is 18.0 Å². The minimum Gasteiger partial charge on any atom is -0.356 e. The van der Waals surface area contributed by atoms with Gasteiger partial charge in [-0.3, -0.25) is 4.79 Å². The van der Waals surface area contributed by atoms with E-state index in [1.165, 1.54) is 64.2 Å². The lowest BCUT2D eigenvalue weighted by Gasteiger charge is -2.07. The molecule has 0 aliphatic rings. The molecule has 0 rings (SSSR count). The molecule has 1 N–H and O–H groups in total. The molecule has 0 aromatic heterocycles. The maximum absolute atomic E-state index is 11.9. The molecule has 144 valence electrons. The zero-order valence-corrected chi connectivity index (χ0v) is 15.4. The molecule has 0 heterocycles. The number of carbonyl (C=O) groups is 1. The Morgan fingerprint density at radius 2 is 1.17 bits per heavy atom. The van der Waals surface area contributed by atoms with Crippen molar-refractivity contribution in [1.29, 1.82) is 0 Å². The van der Waals surface area contributed by atoms with Gasteiger partial charge in [-0.25, -0.2) is 0 Å². The van der Waals surface area contributed by atoms with Crippen LogP contribution in [0.25, 0.3) is 0 Å².